The summed E-state index contributed by atoms with van der Waals surface area (Å²) in [6.45, 7) is 3.22. The van der Waals surface area contributed by atoms with Gasteiger partial charge in [-0.15, -0.1) is 0 Å². The van der Waals surface area contributed by atoms with Crippen LogP contribution in [0.1, 0.15) is 24.5 Å². The average Bonchev–Trinajstić information content (AvgIpc) is 3.21. The number of aromatic nitrogens is 1. The van der Waals surface area contributed by atoms with Crippen molar-refractivity contribution in [2.45, 2.75) is 19.9 Å². The van der Waals surface area contributed by atoms with Gasteiger partial charge in [0.15, 0.2) is 0 Å². The smallest absolute Gasteiger partial charge is 0.269 e. The topological polar surface area (TPSA) is 68.4 Å². The molecule has 0 radical (unpaired) electrons. The first kappa shape index (κ1) is 20.3. The Labute approximate surface area is 183 Å². The van der Waals surface area contributed by atoms with Gasteiger partial charge in [-0.25, -0.2) is 0 Å². The Bertz CT molecular complexity index is 1180. The minimum Gasteiger partial charge on any atom is -0.342 e. The van der Waals surface area contributed by atoms with Crippen LogP contribution in [0.2, 0.25) is 0 Å². The van der Waals surface area contributed by atoms with E-state index in [1.807, 2.05) is 43.5 Å². The lowest BCUT2D eigenvalue weighted by Crippen LogP contribution is -2.28. The predicted octanol–water partition coefficient (Wildman–Crippen LogP) is 5.21. The van der Waals surface area contributed by atoms with Crippen molar-refractivity contribution >= 4 is 56.9 Å². The van der Waals surface area contributed by atoms with Crippen LogP contribution in [0.4, 0.5) is 5.69 Å². The predicted molar refractivity (Wildman–Crippen MR) is 124 cm³/mol. The molecule has 8 heteroatoms. The quantitative estimate of drug-likeness (QED) is 0.229. The molecule has 0 saturated carbocycles. The van der Waals surface area contributed by atoms with Gasteiger partial charge in [-0.05, 0) is 24.1 Å². The summed E-state index contributed by atoms with van der Waals surface area (Å²) in [7, 11) is 0. The highest BCUT2D eigenvalue weighted by atomic mass is 32.2. The van der Waals surface area contributed by atoms with E-state index in [2.05, 4.69) is 4.57 Å². The zero-order valence-corrected chi connectivity index (χ0v) is 17.9. The normalized spacial score (nSPS) is 15.5. The van der Waals surface area contributed by atoms with Crippen molar-refractivity contribution in [2.24, 2.45) is 0 Å². The molecule has 1 fully saturated rings. The van der Waals surface area contributed by atoms with Crippen LogP contribution in [-0.2, 0) is 11.3 Å². The molecule has 1 aliphatic rings. The maximum absolute atomic E-state index is 12.7. The molecule has 6 nitrogen and oxygen atoms in total. The third kappa shape index (κ3) is 3.88. The molecular weight excluding hydrogens is 418 g/mol. The fourth-order valence-corrected chi connectivity index (χ4v) is 4.80. The molecule has 0 spiro atoms. The molecule has 3 aromatic rings. The van der Waals surface area contributed by atoms with Crippen molar-refractivity contribution < 1.29 is 9.72 Å². The lowest BCUT2D eigenvalue weighted by Gasteiger charge is -2.11. The summed E-state index contributed by atoms with van der Waals surface area (Å²) < 4.78 is 2.69. The Balaban J connectivity index is 1.68. The second-order valence-electron chi connectivity index (χ2n) is 6.99. The highest BCUT2D eigenvalue weighted by Gasteiger charge is 2.31. The van der Waals surface area contributed by atoms with Gasteiger partial charge in [0.2, 0.25) is 0 Å². The number of hydrogen-bond acceptors (Lipinski definition) is 5. The number of thiocarbonyl (C=S) groups is 1. The first-order valence-electron chi connectivity index (χ1n) is 9.54. The zero-order chi connectivity index (χ0) is 21.3. The standard InChI is InChI=1S/C22H19N3O3S2/c1-2-11-24-21(26)20(30-22(24)29)12-16-14-23(19-6-4-3-5-18(16)19)13-15-7-9-17(10-8-15)25(27)28/h3-10,12,14H,2,11,13H2,1H3/b20-12+. The van der Waals surface area contributed by atoms with E-state index in [1.54, 1.807) is 17.0 Å². The third-order valence-corrected chi connectivity index (χ3v) is 6.30. The van der Waals surface area contributed by atoms with Crippen molar-refractivity contribution in [3.63, 3.8) is 0 Å². The second-order valence-corrected chi connectivity index (χ2v) is 8.66. The third-order valence-electron chi connectivity index (χ3n) is 4.93. The molecule has 0 aliphatic carbocycles. The van der Waals surface area contributed by atoms with E-state index in [0.29, 0.717) is 22.3 Å². The summed E-state index contributed by atoms with van der Waals surface area (Å²) in [4.78, 5) is 25.5. The van der Waals surface area contributed by atoms with Gasteiger partial charge in [-0.1, -0.05) is 61.2 Å². The van der Waals surface area contributed by atoms with Crippen LogP contribution in [0.3, 0.4) is 0 Å². The van der Waals surface area contributed by atoms with E-state index in [9.17, 15) is 14.9 Å². The number of nitro benzene ring substituents is 1. The molecule has 0 atom stereocenters. The highest BCUT2D eigenvalue weighted by molar-refractivity contribution is 8.26. The van der Waals surface area contributed by atoms with Crippen molar-refractivity contribution in [2.75, 3.05) is 6.54 Å². The molecule has 4 rings (SSSR count). The van der Waals surface area contributed by atoms with Gasteiger partial charge in [0.1, 0.15) is 4.32 Å². The van der Waals surface area contributed by atoms with E-state index >= 15 is 0 Å². The first-order valence-corrected chi connectivity index (χ1v) is 10.8. The molecule has 152 valence electrons. The van der Waals surface area contributed by atoms with E-state index in [1.165, 1.54) is 23.9 Å². The Morgan fingerprint density at radius 3 is 2.60 bits per heavy atom. The zero-order valence-electron chi connectivity index (χ0n) is 16.3. The average molecular weight is 438 g/mol. The summed E-state index contributed by atoms with van der Waals surface area (Å²) in [6, 6.07) is 14.6. The number of para-hydroxylation sites is 1. The van der Waals surface area contributed by atoms with Gasteiger partial charge in [0.05, 0.1) is 9.83 Å². The first-order chi connectivity index (χ1) is 14.5. The SMILES string of the molecule is CCCN1C(=O)/C(=C\c2cn(Cc3ccc([N+](=O)[O-])cc3)c3ccccc23)SC1=S. The molecule has 0 N–H and O–H groups in total. The lowest BCUT2D eigenvalue weighted by molar-refractivity contribution is -0.384. The molecule has 0 bridgehead atoms. The summed E-state index contributed by atoms with van der Waals surface area (Å²) in [6.07, 6.45) is 4.77. The number of non-ortho nitro benzene ring substituents is 1. The number of thioether (sulfide) groups is 1. The van der Waals surface area contributed by atoms with E-state index < -0.39 is 4.92 Å². The fourth-order valence-electron chi connectivity index (χ4n) is 3.50. The van der Waals surface area contributed by atoms with Gasteiger partial charge in [0.25, 0.3) is 11.6 Å². The molecule has 1 saturated heterocycles. The summed E-state index contributed by atoms with van der Waals surface area (Å²) in [5.41, 5.74) is 3.02. The number of rotatable bonds is 6. The number of amides is 1. The lowest BCUT2D eigenvalue weighted by atomic mass is 10.1. The van der Waals surface area contributed by atoms with Crippen LogP contribution in [0, 0.1) is 10.1 Å². The van der Waals surface area contributed by atoms with Gasteiger partial charge in [-0.3, -0.25) is 19.8 Å². The Morgan fingerprint density at radius 1 is 1.17 bits per heavy atom. The molecule has 30 heavy (non-hydrogen) atoms. The molecule has 2 aromatic carbocycles. The number of fused-ring (bicyclic) bond motifs is 1. The van der Waals surface area contributed by atoms with Gasteiger partial charge in [-0.2, -0.15) is 0 Å². The number of hydrogen-bond donors (Lipinski definition) is 0. The maximum Gasteiger partial charge on any atom is 0.269 e. The number of carbonyl (C=O) groups excluding carboxylic acids is 1. The van der Waals surface area contributed by atoms with Crippen LogP contribution in [0.5, 0.6) is 0 Å². The van der Waals surface area contributed by atoms with Crippen molar-refractivity contribution in [3.8, 4) is 0 Å². The second kappa shape index (κ2) is 8.41. The van der Waals surface area contributed by atoms with Crippen LogP contribution in [-0.4, -0.2) is 31.2 Å². The van der Waals surface area contributed by atoms with Crippen LogP contribution in [0.15, 0.2) is 59.6 Å². The number of benzene rings is 2. The Kier molecular flexibility index (Phi) is 5.69. The maximum atomic E-state index is 12.7. The van der Waals surface area contributed by atoms with Gasteiger partial charge < -0.3 is 4.57 Å². The summed E-state index contributed by atoms with van der Waals surface area (Å²) in [5.74, 6) is -0.0425. The largest absolute Gasteiger partial charge is 0.342 e. The van der Waals surface area contributed by atoms with E-state index in [0.717, 1.165) is 28.5 Å². The van der Waals surface area contributed by atoms with Gasteiger partial charge >= 0.3 is 0 Å². The minimum atomic E-state index is -0.401. The monoisotopic (exact) mass is 437 g/mol. The Morgan fingerprint density at radius 2 is 1.90 bits per heavy atom. The van der Waals surface area contributed by atoms with Crippen LogP contribution < -0.4 is 0 Å². The van der Waals surface area contributed by atoms with Crippen molar-refractivity contribution in [3.05, 3.63) is 80.9 Å². The Hall–Kier alpha value is -2.97. The molecule has 1 aliphatic heterocycles. The van der Waals surface area contributed by atoms with E-state index in [-0.39, 0.29) is 11.6 Å². The van der Waals surface area contributed by atoms with Gasteiger partial charge in [0, 0.05) is 47.9 Å². The fraction of sp³-hybridized carbons (Fsp3) is 0.182. The number of nitrogens with zero attached hydrogens (tertiary/aromatic N) is 3. The summed E-state index contributed by atoms with van der Waals surface area (Å²) >= 11 is 6.71. The van der Waals surface area contributed by atoms with Crippen LogP contribution >= 0.6 is 24.0 Å². The van der Waals surface area contributed by atoms with Crippen LogP contribution in [0.25, 0.3) is 17.0 Å². The number of carbonyl (C=O) groups is 1. The molecule has 0 unspecified atom stereocenters. The van der Waals surface area contributed by atoms with Crippen molar-refractivity contribution in [1.29, 1.82) is 0 Å². The summed E-state index contributed by atoms with van der Waals surface area (Å²) in [5, 5.41) is 11.9. The molecule has 1 aromatic heterocycles. The van der Waals surface area contributed by atoms with Crippen molar-refractivity contribution in [1.82, 2.24) is 9.47 Å². The molecule has 2 heterocycles. The van der Waals surface area contributed by atoms with E-state index in [4.69, 9.17) is 12.2 Å². The minimum absolute atomic E-state index is 0.0425. The molecule has 1 amide bonds. The highest BCUT2D eigenvalue weighted by Crippen LogP contribution is 2.34. The number of nitro groups is 1. The molecular formula is C22H19N3O3S2.